The number of methoxy groups -OCH3 is 2. The number of hydrogen-bond acceptors (Lipinski definition) is 5. The van der Waals surface area contributed by atoms with E-state index < -0.39 is 12.1 Å². The van der Waals surface area contributed by atoms with Gasteiger partial charge in [0.15, 0.2) is 12.1 Å². The number of nitrogens with zero attached hydrogens (tertiary/aromatic N) is 2. The number of benzene rings is 1. The smallest absolute Gasteiger partial charge is 0.186 e. The molecule has 19 heavy (non-hydrogen) atoms. The Morgan fingerprint density at radius 2 is 1.95 bits per heavy atom. The molecule has 0 unspecified atom stereocenters. The molecule has 1 N–H and O–H groups in total. The Morgan fingerprint density at radius 3 is 2.47 bits per heavy atom. The number of nitriles is 2. The topological polar surface area (TPSA) is 78.1 Å². The summed E-state index contributed by atoms with van der Waals surface area (Å²) in [7, 11) is 2.80. The van der Waals surface area contributed by atoms with Crippen LogP contribution >= 0.6 is 0 Å². The van der Waals surface area contributed by atoms with Gasteiger partial charge < -0.3 is 14.8 Å². The van der Waals surface area contributed by atoms with Crippen LogP contribution < -0.4 is 5.32 Å². The van der Waals surface area contributed by atoms with Crippen LogP contribution in [-0.4, -0.2) is 14.2 Å². The molecule has 0 saturated heterocycles. The van der Waals surface area contributed by atoms with E-state index in [-0.39, 0.29) is 16.8 Å². The van der Waals surface area contributed by atoms with Gasteiger partial charge in [-0.15, -0.1) is 0 Å². The number of halogens is 1. The molecule has 0 heterocycles. The third-order valence-corrected chi connectivity index (χ3v) is 2.32. The van der Waals surface area contributed by atoms with E-state index in [1.807, 2.05) is 0 Å². The minimum atomic E-state index is -0.822. The molecule has 0 radical (unpaired) electrons. The van der Waals surface area contributed by atoms with Crippen LogP contribution in [0.1, 0.15) is 11.9 Å². The average molecular weight is 261 g/mol. The summed E-state index contributed by atoms with van der Waals surface area (Å²) >= 11 is 0. The lowest BCUT2D eigenvalue weighted by molar-refractivity contribution is -0.107. The fourth-order valence-corrected chi connectivity index (χ4v) is 1.43. The van der Waals surface area contributed by atoms with Crippen LogP contribution in [0.3, 0.4) is 0 Å². The van der Waals surface area contributed by atoms with Crippen molar-refractivity contribution >= 4 is 5.69 Å². The van der Waals surface area contributed by atoms with Gasteiger partial charge in [-0.2, -0.15) is 10.5 Å². The predicted molar refractivity (Wildman–Crippen MR) is 66.1 cm³/mol. The Hall–Kier alpha value is -2.41. The van der Waals surface area contributed by atoms with Crippen molar-refractivity contribution in [1.29, 1.82) is 10.5 Å². The van der Waals surface area contributed by atoms with Crippen LogP contribution in [0.4, 0.5) is 10.1 Å². The quantitative estimate of drug-likeness (QED) is 0.650. The summed E-state index contributed by atoms with van der Waals surface area (Å²) in [4.78, 5) is 0. The molecule has 0 aliphatic carbocycles. The summed E-state index contributed by atoms with van der Waals surface area (Å²) < 4.78 is 24.1. The van der Waals surface area contributed by atoms with Gasteiger partial charge in [0, 0.05) is 26.0 Å². The van der Waals surface area contributed by atoms with Crippen LogP contribution in [0.2, 0.25) is 0 Å². The summed E-state index contributed by atoms with van der Waals surface area (Å²) in [5, 5.41) is 19.7. The highest BCUT2D eigenvalue weighted by Gasteiger charge is 2.16. The standard InChI is InChI=1S/C13H12FN3O2/c1-18-13(19-2)10-4-3-5-11(12(10)14)17-8-9(6-15)7-16/h3-5,8,13,17H,1-2H3. The summed E-state index contributed by atoms with van der Waals surface area (Å²) in [6.07, 6.45) is 0.314. The molecule has 0 aliphatic rings. The van der Waals surface area contributed by atoms with E-state index in [0.717, 1.165) is 6.20 Å². The third-order valence-electron chi connectivity index (χ3n) is 2.32. The summed E-state index contributed by atoms with van der Waals surface area (Å²) in [5.74, 6) is -0.567. The minimum absolute atomic E-state index is 0.125. The zero-order chi connectivity index (χ0) is 14.3. The van der Waals surface area contributed by atoms with E-state index in [1.165, 1.54) is 26.4 Å². The number of hydrogen-bond donors (Lipinski definition) is 1. The van der Waals surface area contributed by atoms with Crippen molar-refractivity contribution in [2.75, 3.05) is 19.5 Å². The van der Waals surface area contributed by atoms with E-state index in [4.69, 9.17) is 20.0 Å². The summed E-state index contributed by atoms with van der Waals surface area (Å²) in [6.45, 7) is 0. The molecule has 1 rings (SSSR count). The fourth-order valence-electron chi connectivity index (χ4n) is 1.43. The minimum Gasteiger partial charge on any atom is -0.357 e. The largest absolute Gasteiger partial charge is 0.357 e. The van der Waals surface area contributed by atoms with Gasteiger partial charge in [-0.1, -0.05) is 12.1 Å². The molecule has 1 aromatic rings. The zero-order valence-electron chi connectivity index (χ0n) is 10.5. The van der Waals surface area contributed by atoms with Gasteiger partial charge in [0.25, 0.3) is 0 Å². The molecule has 0 amide bonds. The maximum absolute atomic E-state index is 14.1. The Labute approximate surface area is 110 Å². The molecule has 0 aromatic heterocycles. The van der Waals surface area contributed by atoms with Crippen LogP contribution in [0, 0.1) is 28.5 Å². The molecule has 98 valence electrons. The normalized spacial score (nSPS) is 9.58. The molecule has 0 bridgehead atoms. The maximum Gasteiger partial charge on any atom is 0.186 e. The molecule has 6 heteroatoms. The fraction of sp³-hybridized carbons (Fsp3) is 0.231. The highest BCUT2D eigenvalue weighted by atomic mass is 19.1. The number of allylic oxidation sites excluding steroid dienone is 1. The molecule has 0 spiro atoms. The van der Waals surface area contributed by atoms with E-state index in [9.17, 15) is 4.39 Å². The lowest BCUT2D eigenvalue weighted by Crippen LogP contribution is -2.07. The summed E-state index contributed by atoms with van der Waals surface area (Å²) in [5.41, 5.74) is 0.193. The van der Waals surface area contributed by atoms with E-state index in [0.29, 0.717) is 0 Å². The maximum atomic E-state index is 14.1. The van der Waals surface area contributed by atoms with Crippen molar-refractivity contribution < 1.29 is 13.9 Å². The summed E-state index contributed by atoms with van der Waals surface area (Å²) in [6, 6.07) is 7.94. The Balaban J connectivity index is 3.06. The van der Waals surface area contributed by atoms with Gasteiger partial charge in [-0.25, -0.2) is 4.39 Å². The number of rotatable bonds is 5. The molecular weight excluding hydrogens is 249 g/mol. The number of ether oxygens (including phenoxy) is 2. The second kappa shape index (κ2) is 7.12. The van der Waals surface area contributed by atoms with Crippen LogP contribution in [0.15, 0.2) is 30.0 Å². The van der Waals surface area contributed by atoms with Gasteiger partial charge in [-0.05, 0) is 6.07 Å². The third kappa shape index (κ3) is 3.52. The van der Waals surface area contributed by atoms with Gasteiger partial charge in [-0.3, -0.25) is 0 Å². The molecular formula is C13H12FN3O2. The van der Waals surface area contributed by atoms with Gasteiger partial charge in [0.1, 0.15) is 17.7 Å². The molecule has 0 atom stereocenters. The first-order valence-electron chi connectivity index (χ1n) is 5.28. The average Bonchev–Trinajstić information content (AvgIpc) is 2.44. The first-order chi connectivity index (χ1) is 9.17. The molecule has 5 nitrogen and oxygen atoms in total. The molecule has 0 aliphatic heterocycles. The Kier molecular flexibility index (Phi) is 5.49. The van der Waals surface area contributed by atoms with Crippen molar-refractivity contribution in [3.8, 4) is 12.1 Å². The second-order valence-corrected chi connectivity index (χ2v) is 3.44. The van der Waals surface area contributed by atoms with Crippen molar-refractivity contribution in [2.45, 2.75) is 6.29 Å². The van der Waals surface area contributed by atoms with E-state index in [2.05, 4.69) is 5.32 Å². The van der Waals surface area contributed by atoms with Gasteiger partial charge >= 0.3 is 0 Å². The van der Waals surface area contributed by atoms with Crippen LogP contribution in [0.5, 0.6) is 0 Å². The van der Waals surface area contributed by atoms with E-state index in [1.54, 1.807) is 18.2 Å². The zero-order valence-corrected chi connectivity index (χ0v) is 10.5. The SMILES string of the molecule is COC(OC)c1cccc(NC=C(C#N)C#N)c1F. The molecule has 0 fully saturated rings. The highest BCUT2D eigenvalue weighted by Crippen LogP contribution is 2.25. The van der Waals surface area contributed by atoms with Gasteiger partial charge in [0.2, 0.25) is 0 Å². The monoisotopic (exact) mass is 261 g/mol. The van der Waals surface area contributed by atoms with Crippen molar-refractivity contribution in [2.24, 2.45) is 0 Å². The van der Waals surface area contributed by atoms with Gasteiger partial charge in [0.05, 0.1) is 5.69 Å². The Bertz CT molecular complexity index is 538. The predicted octanol–water partition coefficient (Wildman–Crippen LogP) is 2.46. The molecule has 0 saturated carbocycles. The van der Waals surface area contributed by atoms with Crippen LogP contribution in [0.25, 0.3) is 0 Å². The lowest BCUT2D eigenvalue weighted by atomic mass is 10.1. The molecule has 1 aromatic carbocycles. The highest BCUT2D eigenvalue weighted by molar-refractivity contribution is 5.52. The van der Waals surface area contributed by atoms with Crippen LogP contribution in [-0.2, 0) is 9.47 Å². The van der Waals surface area contributed by atoms with E-state index >= 15 is 0 Å². The first-order valence-corrected chi connectivity index (χ1v) is 5.28. The van der Waals surface area contributed by atoms with Crippen molar-refractivity contribution in [3.05, 3.63) is 41.4 Å². The lowest BCUT2D eigenvalue weighted by Gasteiger charge is -2.16. The number of nitrogens with one attached hydrogen (secondary N) is 1. The number of anilines is 1. The van der Waals surface area contributed by atoms with Crippen molar-refractivity contribution in [1.82, 2.24) is 0 Å². The first kappa shape index (κ1) is 14.7. The van der Waals surface area contributed by atoms with Crippen molar-refractivity contribution in [3.63, 3.8) is 0 Å². The second-order valence-electron chi connectivity index (χ2n) is 3.44. The Morgan fingerprint density at radius 1 is 1.32 bits per heavy atom.